The Morgan fingerprint density at radius 3 is 2.19 bits per heavy atom. The quantitative estimate of drug-likeness (QED) is 0.635. The third kappa shape index (κ3) is 7.49. The second kappa shape index (κ2) is 8.36. The number of hydrogen-bond acceptors (Lipinski definition) is 3. The fourth-order valence-corrected chi connectivity index (χ4v) is 2.99. The molecule has 1 N–H and O–H groups in total. The summed E-state index contributed by atoms with van der Waals surface area (Å²) in [5.41, 5.74) is 1.03. The molecule has 0 aromatic heterocycles. The van der Waals surface area contributed by atoms with Crippen LogP contribution in [0.4, 0.5) is 13.2 Å². The van der Waals surface area contributed by atoms with Crippen molar-refractivity contribution in [1.82, 2.24) is 5.32 Å². The van der Waals surface area contributed by atoms with Gasteiger partial charge in [-0.2, -0.15) is 0 Å². The molecule has 1 aromatic carbocycles. The summed E-state index contributed by atoms with van der Waals surface area (Å²) in [5.74, 6) is 0.453. The first kappa shape index (κ1) is 18.7. The van der Waals surface area contributed by atoms with Gasteiger partial charge in [0.15, 0.2) is 0 Å². The summed E-state index contributed by atoms with van der Waals surface area (Å²) < 4.78 is 45.8. The predicted octanol–water partition coefficient (Wildman–Crippen LogP) is 4.62. The van der Waals surface area contributed by atoms with Crippen molar-refractivity contribution in [3.63, 3.8) is 0 Å². The van der Waals surface area contributed by atoms with E-state index in [4.69, 9.17) is 4.74 Å². The van der Waals surface area contributed by atoms with Gasteiger partial charge in [-0.15, -0.1) is 13.2 Å². The van der Waals surface area contributed by atoms with Crippen LogP contribution in [0.15, 0.2) is 21.1 Å². The smallest absolute Gasteiger partial charge is 0.489 e. The molecule has 0 saturated heterocycles. The van der Waals surface area contributed by atoms with Gasteiger partial charge in [0.05, 0.1) is 15.6 Å². The Morgan fingerprint density at radius 2 is 1.71 bits per heavy atom. The molecule has 0 aliphatic heterocycles. The Bertz CT molecular complexity index is 444. The van der Waals surface area contributed by atoms with Gasteiger partial charge in [-0.1, -0.05) is 13.8 Å². The Morgan fingerprint density at radius 1 is 1.14 bits per heavy atom. The molecule has 0 bridgehead atoms. The van der Waals surface area contributed by atoms with Crippen LogP contribution in [-0.4, -0.2) is 25.6 Å². The van der Waals surface area contributed by atoms with E-state index in [1.54, 1.807) is 0 Å². The number of nitrogens with one attached hydrogen (secondary N) is 1. The molecule has 0 amide bonds. The number of hydrogen-bond donors (Lipinski definition) is 1. The van der Waals surface area contributed by atoms with Gasteiger partial charge in [0, 0.05) is 12.6 Å². The molecule has 0 atom stereocenters. The van der Waals surface area contributed by atoms with Crippen LogP contribution in [0.5, 0.6) is 5.75 Å². The molecular weight excluding hydrogens is 419 g/mol. The molecular formula is C13H16Br2F3NO2. The summed E-state index contributed by atoms with van der Waals surface area (Å²) in [4.78, 5) is 0. The Kier molecular flexibility index (Phi) is 7.46. The van der Waals surface area contributed by atoms with E-state index in [-0.39, 0.29) is 6.61 Å². The molecule has 120 valence electrons. The van der Waals surface area contributed by atoms with E-state index in [2.05, 4.69) is 41.9 Å². The highest BCUT2D eigenvalue weighted by molar-refractivity contribution is 9.11. The Balaban J connectivity index is 2.59. The van der Waals surface area contributed by atoms with E-state index >= 15 is 0 Å². The molecule has 0 aliphatic carbocycles. The molecule has 0 spiro atoms. The minimum Gasteiger partial charge on any atom is -0.489 e. The first-order valence-electron chi connectivity index (χ1n) is 6.24. The standard InChI is InChI=1S/C13H16Br2F3NO2/c1-8(2)19-7-9-5-10(14)12(11(15)6-9)20-3-4-21-13(16,17)18/h5-6,8,19H,3-4,7H2,1-2H3. The van der Waals surface area contributed by atoms with Gasteiger partial charge in [0.2, 0.25) is 0 Å². The lowest BCUT2D eigenvalue weighted by molar-refractivity contribution is -0.325. The van der Waals surface area contributed by atoms with Crippen molar-refractivity contribution in [2.24, 2.45) is 0 Å². The summed E-state index contributed by atoms with van der Waals surface area (Å²) in [6.45, 7) is 4.02. The topological polar surface area (TPSA) is 30.5 Å². The molecule has 0 heterocycles. The monoisotopic (exact) mass is 433 g/mol. The zero-order valence-corrected chi connectivity index (χ0v) is 14.7. The van der Waals surface area contributed by atoms with Gasteiger partial charge >= 0.3 is 6.36 Å². The van der Waals surface area contributed by atoms with E-state index in [9.17, 15) is 13.2 Å². The minimum absolute atomic E-state index is 0.194. The lowest BCUT2D eigenvalue weighted by atomic mass is 10.2. The number of ether oxygens (including phenoxy) is 2. The van der Waals surface area contributed by atoms with Gasteiger partial charge < -0.3 is 10.1 Å². The van der Waals surface area contributed by atoms with Crippen molar-refractivity contribution in [3.05, 3.63) is 26.6 Å². The Labute approximate surface area is 138 Å². The second-order valence-electron chi connectivity index (χ2n) is 4.57. The van der Waals surface area contributed by atoms with Crippen molar-refractivity contribution >= 4 is 31.9 Å². The van der Waals surface area contributed by atoms with Gasteiger partial charge in [-0.05, 0) is 49.6 Å². The molecule has 21 heavy (non-hydrogen) atoms. The van der Waals surface area contributed by atoms with Crippen LogP contribution in [0.2, 0.25) is 0 Å². The zero-order chi connectivity index (χ0) is 16.0. The molecule has 8 heteroatoms. The van der Waals surface area contributed by atoms with Gasteiger partial charge in [0.1, 0.15) is 12.4 Å². The Hall–Kier alpha value is -0.310. The largest absolute Gasteiger partial charge is 0.522 e. The summed E-state index contributed by atoms with van der Waals surface area (Å²) in [6.07, 6.45) is -4.63. The lowest BCUT2D eigenvalue weighted by Crippen LogP contribution is -2.21. The average Bonchev–Trinajstić information content (AvgIpc) is 2.33. The van der Waals surface area contributed by atoms with Crippen molar-refractivity contribution in [1.29, 1.82) is 0 Å². The number of alkyl halides is 3. The highest BCUT2D eigenvalue weighted by atomic mass is 79.9. The van der Waals surface area contributed by atoms with Crippen molar-refractivity contribution < 1.29 is 22.6 Å². The maximum atomic E-state index is 11.8. The summed E-state index contributed by atoms with van der Waals surface area (Å²) in [6, 6.07) is 4.08. The molecule has 1 aromatic rings. The lowest BCUT2D eigenvalue weighted by Gasteiger charge is -2.14. The number of halogens is 5. The second-order valence-corrected chi connectivity index (χ2v) is 6.28. The van der Waals surface area contributed by atoms with E-state index < -0.39 is 13.0 Å². The molecule has 1 rings (SSSR count). The number of rotatable bonds is 7. The van der Waals surface area contributed by atoms with Gasteiger partial charge in [-0.3, -0.25) is 4.74 Å². The average molecular weight is 435 g/mol. The van der Waals surface area contributed by atoms with Crippen LogP contribution < -0.4 is 10.1 Å². The fourth-order valence-electron chi connectivity index (χ4n) is 1.48. The molecule has 0 unspecified atom stereocenters. The molecule has 0 fully saturated rings. The number of benzene rings is 1. The maximum absolute atomic E-state index is 11.8. The maximum Gasteiger partial charge on any atom is 0.522 e. The van der Waals surface area contributed by atoms with E-state index in [0.717, 1.165) is 5.56 Å². The SMILES string of the molecule is CC(C)NCc1cc(Br)c(OCCOC(F)(F)F)c(Br)c1. The fraction of sp³-hybridized carbons (Fsp3) is 0.538. The highest BCUT2D eigenvalue weighted by Crippen LogP contribution is 2.34. The third-order valence-corrected chi connectivity index (χ3v) is 3.55. The van der Waals surface area contributed by atoms with Crippen LogP contribution in [0, 0.1) is 0 Å². The highest BCUT2D eigenvalue weighted by Gasteiger charge is 2.28. The molecule has 0 radical (unpaired) electrons. The summed E-state index contributed by atoms with van der Waals surface area (Å²) in [5, 5.41) is 3.28. The zero-order valence-electron chi connectivity index (χ0n) is 11.6. The van der Waals surface area contributed by atoms with Gasteiger partial charge in [0.25, 0.3) is 0 Å². The van der Waals surface area contributed by atoms with Crippen LogP contribution >= 0.6 is 31.9 Å². The first-order valence-corrected chi connectivity index (χ1v) is 7.82. The van der Waals surface area contributed by atoms with E-state index in [1.165, 1.54) is 0 Å². The minimum atomic E-state index is -4.63. The van der Waals surface area contributed by atoms with Crippen LogP contribution in [0.3, 0.4) is 0 Å². The predicted molar refractivity (Wildman–Crippen MR) is 81.3 cm³/mol. The molecule has 0 saturated carbocycles. The third-order valence-electron chi connectivity index (χ3n) is 2.37. The van der Waals surface area contributed by atoms with Crippen molar-refractivity contribution in [3.8, 4) is 5.75 Å². The molecule has 0 aliphatic rings. The van der Waals surface area contributed by atoms with E-state index in [1.807, 2.05) is 26.0 Å². The van der Waals surface area contributed by atoms with Crippen LogP contribution in [0.1, 0.15) is 19.4 Å². The van der Waals surface area contributed by atoms with Crippen LogP contribution in [0.25, 0.3) is 0 Å². The summed E-state index contributed by atoms with van der Waals surface area (Å²) >= 11 is 6.70. The molecule has 3 nitrogen and oxygen atoms in total. The summed E-state index contributed by atoms with van der Waals surface area (Å²) in [7, 11) is 0. The van der Waals surface area contributed by atoms with Gasteiger partial charge in [-0.25, -0.2) is 0 Å². The van der Waals surface area contributed by atoms with Crippen molar-refractivity contribution in [2.45, 2.75) is 32.8 Å². The van der Waals surface area contributed by atoms with Crippen molar-refractivity contribution in [2.75, 3.05) is 13.2 Å². The van der Waals surface area contributed by atoms with Crippen LogP contribution in [-0.2, 0) is 11.3 Å². The first-order chi connectivity index (χ1) is 9.69. The van der Waals surface area contributed by atoms with E-state index in [0.29, 0.717) is 27.3 Å². The normalized spacial score (nSPS) is 12.0.